The normalized spacial score (nSPS) is 20.5. The molecule has 1 heterocycles. The maximum absolute atomic E-state index is 13.4. The van der Waals surface area contributed by atoms with Gasteiger partial charge in [-0.25, -0.2) is 4.79 Å². The fourth-order valence-corrected chi connectivity index (χ4v) is 4.05. The van der Waals surface area contributed by atoms with Crippen molar-refractivity contribution < 1.29 is 33.2 Å². The molecule has 0 radical (unpaired) electrons. The highest BCUT2D eigenvalue weighted by Crippen LogP contribution is 2.37. The van der Waals surface area contributed by atoms with Gasteiger partial charge in [0.15, 0.2) is 6.61 Å². The number of nitrogens with one attached hydrogen (secondary N) is 1. The van der Waals surface area contributed by atoms with E-state index in [2.05, 4.69) is 5.32 Å². The van der Waals surface area contributed by atoms with Gasteiger partial charge in [-0.15, -0.1) is 0 Å². The lowest BCUT2D eigenvalue weighted by molar-refractivity contribution is -0.387. The van der Waals surface area contributed by atoms with Crippen molar-refractivity contribution in [3.8, 4) is 0 Å². The summed E-state index contributed by atoms with van der Waals surface area (Å²) in [4.78, 5) is 61.6. The van der Waals surface area contributed by atoms with E-state index >= 15 is 0 Å². The predicted octanol–water partition coefficient (Wildman–Crippen LogP) is 2.58. The SMILES string of the molecule is CC(C)CC(C(=O)OCC(=O)Nc1ccc(F)c([N+](=O)[O-])c1)N1C(=O)C2CC=CCC2C1=O. The molecule has 0 saturated carbocycles. The Morgan fingerprint density at radius 1 is 1.21 bits per heavy atom. The highest BCUT2D eigenvalue weighted by atomic mass is 19.1. The van der Waals surface area contributed by atoms with E-state index in [0.29, 0.717) is 12.8 Å². The molecule has 1 N–H and O–H groups in total. The molecule has 33 heavy (non-hydrogen) atoms. The van der Waals surface area contributed by atoms with Gasteiger partial charge in [-0.05, 0) is 37.3 Å². The zero-order valence-corrected chi connectivity index (χ0v) is 18.2. The number of hydrogen-bond donors (Lipinski definition) is 1. The lowest BCUT2D eigenvalue weighted by Crippen LogP contribution is -2.47. The van der Waals surface area contributed by atoms with Crippen LogP contribution in [0.25, 0.3) is 0 Å². The fraction of sp³-hybridized carbons (Fsp3) is 0.455. The van der Waals surface area contributed by atoms with E-state index in [0.717, 1.165) is 23.1 Å². The van der Waals surface area contributed by atoms with E-state index in [-0.39, 0.29) is 18.0 Å². The molecule has 3 rings (SSSR count). The average molecular weight is 461 g/mol. The van der Waals surface area contributed by atoms with Crippen molar-refractivity contribution in [1.82, 2.24) is 4.90 Å². The summed E-state index contributed by atoms with van der Waals surface area (Å²) in [5.74, 6) is -4.64. The standard InChI is InChI=1S/C22H24FN3O7/c1-12(2)9-18(25-20(28)14-5-3-4-6-15(14)21(25)29)22(30)33-11-19(27)24-13-7-8-16(23)17(10-13)26(31)32/h3-4,7-8,10,12,14-15,18H,5-6,9,11H2,1-2H3,(H,24,27). The number of carbonyl (C=O) groups is 4. The maximum atomic E-state index is 13.4. The first-order valence-corrected chi connectivity index (χ1v) is 10.5. The molecule has 1 aliphatic carbocycles. The molecule has 3 amide bonds. The van der Waals surface area contributed by atoms with Crippen LogP contribution < -0.4 is 5.32 Å². The number of halogens is 1. The smallest absolute Gasteiger partial charge is 0.329 e. The van der Waals surface area contributed by atoms with Crippen LogP contribution in [0.5, 0.6) is 0 Å². The van der Waals surface area contributed by atoms with Crippen molar-refractivity contribution in [1.29, 1.82) is 0 Å². The van der Waals surface area contributed by atoms with Gasteiger partial charge in [0.1, 0.15) is 6.04 Å². The van der Waals surface area contributed by atoms with Crippen molar-refractivity contribution in [2.75, 3.05) is 11.9 Å². The Labute approximate surface area is 188 Å². The van der Waals surface area contributed by atoms with Gasteiger partial charge in [0, 0.05) is 11.8 Å². The second kappa shape index (κ2) is 9.88. The van der Waals surface area contributed by atoms with Crippen molar-refractivity contribution in [3.05, 3.63) is 46.3 Å². The zero-order chi connectivity index (χ0) is 24.3. The number of nitrogens with zero attached hydrogens (tertiary/aromatic N) is 2. The first-order valence-electron chi connectivity index (χ1n) is 10.5. The summed E-state index contributed by atoms with van der Waals surface area (Å²) < 4.78 is 18.5. The molecule has 1 saturated heterocycles. The molecular formula is C22H24FN3O7. The Bertz CT molecular complexity index is 997. The number of hydrogen-bond acceptors (Lipinski definition) is 7. The van der Waals surface area contributed by atoms with Gasteiger partial charge in [0.05, 0.1) is 16.8 Å². The highest BCUT2D eigenvalue weighted by Gasteiger charge is 2.51. The topological polar surface area (TPSA) is 136 Å². The van der Waals surface area contributed by atoms with E-state index in [1.54, 1.807) is 0 Å². The first kappa shape index (κ1) is 24.0. The number of esters is 1. The minimum atomic E-state index is -1.16. The molecule has 0 spiro atoms. The molecule has 1 aromatic rings. The molecule has 1 aromatic carbocycles. The van der Waals surface area contributed by atoms with Crippen molar-refractivity contribution in [3.63, 3.8) is 0 Å². The van der Waals surface area contributed by atoms with Gasteiger partial charge in [0.25, 0.3) is 5.91 Å². The summed E-state index contributed by atoms with van der Waals surface area (Å²) >= 11 is 0. The third-order valence-corrected chi connectivity index (χ3v) is 5.59. The summed E-state index contributed by atoms with van der Waals surface area (Å²) in [5, 5.41) is 13.1. The number of likely N-dealkylation sites (tertiary alicyclic amines) is 1. The van der Waals surface area contributed by atoms with E-state index in [1.807, 2.05) is 26.0 Å². The number of rotatable bonds is 8. The number of imide groups is 1. The Balaban J connectivity index is 1.67. The number of benzene rings is 1. The number of fused-ring (bicyclic) bond motifs is 1. The van der Waals surface area contributed by atoms with Crippen molar-refractivity contribution in [2.45, 2.75) is 39.2 Å². The average Bonchev–Trinajstić information content (AvgIpc) is 3.02. The third kappa shape index (κ3) is 5.24. The molecule has 2 aliphatic rings. The zero-order valence-electron chi connectivity index (χ0n) is 18.2. The molecule has 11 heteroatoms. The number of nitro groups is 1. The number of carbonyl (C=O) groups excluding carboxylic acids is 4. The highest BCUT2D eigenvalue weighted by molar-refractivity contribution is 6.08. The monoisotopic (exact) mass is 461 g/mol. The lowest BCUT2D eigenvalue weighted by Gasteiger charge is -2.26. The van der Waals surface area contributed by atoms with Gasteiger partial charge in [-0.2, -0.15) is 4.39 Å². The number of nitro benzene ring substituents is 1. The van der Waals surface area contributed by atoms with Crippen LogP contribution in [0.4, 0.5) is 15.8 Å². The first-order chi connectivity index (χ1) is 15.6. The molecule has 1 aliphatic heterocycles. The van der Waals surface area contributed by atoms with Crippen LogP contribution in [0, 0.1) is 33.7 Å². The number of amides is 3. The molecule has 176 valence electrons. The fourth-order valence-electron chi connectivity index (χ4n) is 4.05. The summed E-state index contributed by atoms with van der Waals surface area (Å²) in [6.45, 7) is 2.91. The van der Waals surface area contributed by atoms with E-state index < -0.39 is 64.6 Å². The number of allylic oxidation sites excluding steroid dienone is 2. The van der Waals surface area contributed by atoms with Gasteiger partial charge >= 0.3 is 11.7 Å². The summed E-state index contributed by atoms with van der Waals surface area (Å²) in [5.41, 5.74) is -0.867. The second-order valence-corrected chi connectivity index (χ2v) is 8.43. The maximum Gasteiger partial charge on any atom is 0.329 e. The Hall–Kier alpha value is -3.63. The molecule has 1 fully saturated rings. The molecular weight excluding hydrogens is 437 g/mol. The Morgan fingerprint density at radius 2 is 1.82 bits per heavy atom. The Kier molecular flexibility index (Phi) is 7.19. The Morgan fingerprint density at radius 3 is 2.36 bits per heavy atom. The molecule has 0 aromatic heterocycles. The number of anilines is 1. The molecule has 0 bridgehead atoms. The van der Waals surface area contributed by atoms with Crippen LogP contribution in [-0.4, -0.2) is 46.2 Å². The van der Waals surface area contributed by atoms with Crippen molar-refractivity contribution >= 4 is 35.1 Å². The predicted molar refractivity (Wildman–Crippen MR) is 113 cm³/mol. The van der Waals surface area contributed by atoms with E-state index in [9.17, 15) is 33.7 Å². The molecule has 3 atom stereocenters. The van der Waals surface area contributed by atoms with Crippen LogP contribution in [0.1, 0.15) is 33.1 Å². The van der Waals surface area contributed by atoms with Crippen LogP contribution >= 0.6 is 0 Å². The van der Waals surface area contributed by atoms with Gasteiger partial charge < -0.3 is 10.1 Å². The largest absolute Gasteiger partial charge is 0.454 e. The summed E-state index contributed by atoms with van der Waals surface area (Å²) in [6, 6.07) is 1.64. The van der Waals surface area contributed by atoms with E-state index in [1.165, 1.54) is 0 Å². The van der Waals surface area contributed by atoms with Crippen LogP contribution in [-0.2, 0) is 23.9 Å². The van der Waals surface area contributed by atoms with Crippen molar-refractivity contribution in [2.24, 2.45) is 17.8 Å². The second-order valence-electron chi connectivity index (χ2n) is 8.43. The van der Waals surface area contributed by atoms with E-state index in [4.69, 9.17) is 4.74 Å². The van der Waals surface area contributed by atoms with Crippen LogP contribution in [0.2, 0.25) is 0 Å². The molecule has 3 unspecified atom stereocenters. The summed E-state index contributed by atoms with van der Waals surface area (Å²) in [6.07, 6.45) is 4.73. The molecule has 10 nitrogen and oxygen atoms in total. The third-order valence-electron chi connectivity index (χ3n) is 5.59. The van der Waals surface area contributed by atoms with Crippen LogP contribution in [0.3, 0.4) is 0 Å². The van der Waals surface area contributed by atoms with Gasteiger partial charge in [0.2, 0.25) is 17.6 Å². The quantitative estimate of drug-likeness (QED) is 0.207. The minimum absolute atomic E-state index is 0.0440. The van der Waals surface area contributed by atoms with Crippen LogP contribution in [0.15, 0.2) is 30.4 Å². The lowest BCUT2D eigenvalue weighted by atomic mass is 9.85. The minimum Gasteiger partial charge on any atom is -0.454 e. The summed E-state index contributed by atoms with van der Waals surface area (Å²) in [7, 11) is 0. The number of ether oxygens (including phenoxy) is 1. The van der Waals surface area contributed by atoms with Gasteiger partial charge in [-0.1, -0.05) is 26.0 Å². The van der Waals surface area contributed by atoms with Gasteiger partial charge in [-0.3, -0.25) is 29.4 Å².